The molecule has 0 spiro atoms. The standard InChI is InChI=1S/C22H23FN4O/c1-4-22(2,3)27-21(28)16-8-6-10-18(12-16)26-20-13-19(24-14-25-20)15-7-5-9-17(23)11-15/h5-14H,4H2,1-3H3,(H,27,28)(H,24,25,26). The highest BCUT2D eigenvalue weighted by Gasteiger charge is 2.19. The molecule has 0 saturated carbocycles. The third-order valence-electron chi connectivity index (χ3n) is 4.52. The second-order valence-electron chi connectivity index (χ2n) is 7.20. The Labute approximate surface area is 164 Å². The zero-order chi connectivity index (χ0) is 20.1. The summed E-state index contributed by atoms with van der Waals surface area (Å²) in [5.74, 6) is 0.110. The molecule has 0 saturated heterocycles. The minimum Gasteiger partial charge on any atom is -0.347 e. The first-order chi connectivity index (χ1) is 13.4. The maximum absolute atomic E-state index is 13.5. The van der Waals surface area contributed by atoms with E-state index in [4.69, 9.17) is 0 Å². The molecule has 2 aromatic carbocycles. The highest BCUT2D eigenvalue weighted by atomic mass is 19.1. The van der Waals surface area contributed by atoms with Crippen molar-refractivity contribution in [3.05, 3.63) is 72.3 Å². The van der Waals surface area contributed by atoms with Gasteiger partial charge in [-0.1, -0.05) is 25.1 Å². The predicted octanol–water partition coefficient (Wildman–Crippen LogP) is 4.94. The van der Waals surface area contributed by atoms with Gasteiger partial charge in [0.05, 0.1) is 5.69 Å². The van der Waals surface area contributed by atoms with Gasteiger partial charge in [0.1, 0.15) is 18.0 Å². The Balaban J connectivity index is 1.79. The first-order valence-electron chi connectivity index (χ1n) is 9.14. The van der Waals surface area contributed by atoms with E-state index in [0.29, 0.717) is 22.6 Å². The number of anilines is 2. The van der Waals surface area contributed by atoms with E-state index in [1.807, 2.05) is 32.9 Å². The van der Waals surface area contributed by atoms with E-state index in [2.05, 4.69) is 20.6 Å². The summed E-state index contributed by atoms with van der Waals surface area (Å²) in [5, 5.41) is 6.20. The number of rotatable bonds is 6. The fourth-order valence-electron chi connectivity index (χ4n) is 2.59. The van der Waals surface area contributed by atoms with Gasteiger partial charge in [-0.15, -0.1) is 0 Å². The zero-order valence-electron chi connectivity index (χ0n) is 16.2. The first kappa shape index (κ1) is 19.5. The number of nitrogens with one attached hydrogen (secondary N) is 2. The van der Waals surface area contributed by atoms with Crippen LogP contribution >= 0.6 is 0 Å². The summed E-state index contributed by atoms with van der Waals surface area (Å²) in [6.45, 7) is 6.01. The van der Waals surface area contributed by atoms with Crippen LogP contribution in [0.4, 0.5) is 15.9 Å². The number of carbonyl (C=O) groups is 1. The third-order valence-corrected chi connectivity index (χ3v) is 4.52. The van der Waals surface area contributed by atoms with E-state index in [-0.39, 0.29) is 17.3 Å². The highest BCUT2D eigenvalue weighted by Crippen LogP contribution is 2.22. The normalized spacial score (nSPS) is 11.1. The lowest BCUT2D eigenvalue weighted by Crippen LogP contribution is -2.42. The van der Waals surface area contributed by atoms with Crippen molar-refractivity contribution in [1.29, 1.82) is 0 Å². The van der Waals surface area contributed by atoms with Crippen LogP contribution in [-0.4, -0.2) is 21.4 Å². The van der Waals surface area contributed by atoms with Crippen LogP contribution in [0, 0.1) is 5.82 Å². The topological polar surface area (TPSA) is 66.9 Å². The van der Waals surface area contributed by atoms with Crippen LogP contribution < -0.4 is 10.6 Å². The summed E-state index contributed by atoms with van der Waals surface area (Å²) >= 11 is 0. The number of nitrogens with zero attached hydrogens (tertiary/aromatic N) is 2. The van der Waals surface area contributed by atoms with Crippen molar-refractivity contribution < 1.29 is 9.18 Å². The molecule has 144 valence electrons. The molecule has 5 nitrogen and oxygen atoms in total. The molecule has 1 aromatic heterocycles. The van der Waals surface area contributed by atoms with Crippen LogP contribution in [0.2, 0.25) is 0 Å². The Kier molecular flexibility index (Phi) is 5.68. The number of amides is 1. The summed E-state index contributed by atoms with van der Waals surface area (Å²) in [6.07, 6.45) is 2.25. The second-order valence-corrected chi connectivity index (χ2v) is 7.20. The van der Waals surface area contributed by atoms with E-state index in [1.165, 1.54) is 18.5 Å². The summed E-state index contributed by atoms with van der Waals surface area (Å²) in [5.41, 5.74) is 2.29. The Bertz CT molecular complexity index is 988. The van der Waals surface area contributed by atoms with Gasteiger partial charge < -0.3 is 10.6 Å². The Morgan fingerprint density at radius 3 is 2.61 bits per heavy atom. The van der Waals surface area contributed by atoms with Crippen LogP contribution in [-0.2, 0) is 0 Å². The monoisotopic (exact) mass is 378 g/mol. The maximum Gasteiger partial charge on any atom is 0.251 e. The van der Waals surface area contributed by atoms with Crippen molar-refractivity contribution in [2.75, 3.05) is 5.32 Å². The first-order valence-corrected chi connectivity index (χ1v) is 9.14. The number of hydrogen-bond acceptors (Lipinski definition) is 4. The van der Waals surface area contributed by atoms with Crippen molar-refractivity contribution in [3.63, 3.8) is 0 Å². The molecule has 0 radical (unpaired) electrons. The minimum absolute atomic E-state index is 0.126. The van der Waals surface area contributed by atoms with E-state index in [1.54, 1.807) is 30.3 Å². The molecule has 3 aromatic rings. The quantitative estimate of drug-likeness (QED) is 0.637. The lowest BCUT2D eigenvalue weighted by Gasteiger charge is -2.24. The van der Waals surface area contributed by atoms with Crippen molar-refractivity contribution in [2.45, 2.75) is 32.7 Å². The number of benzene rings is 2. The van der Waals surface area contributed by atoms with Gasteiger partial charge in [0, 0.05) is 28.4 Å². The van der Waals surface area contributed by atoms with Gasteiger partial charge in [-0.25, -0.2) is 14.4 Å². The van der Waals surface area contributed by atoms with Crippen LogP contribution in [0.1, 0.15) is 37.6 Å². The largest absolute Gasteiger partial charge is 0.347 e. The lowest BCUT2D eigenvalue weighted by molar-refractivity contribution is 0.0911. The van der Waals surface area contributed by atoms with Crippen LogP contribution in [0.25, 0.3) is 11.3 Å². The van der Waals surface area contributed by atoms with E-state index < -0.39 is 0 Å². The number of carbonyl (C=O) groups excluding carboxylic acids is 1. The fraction of sp³-hybridized carbons (Fsp3) is 0.227. The highest BCUT2D eigenvalue weighted by molar-refractivity contribution is 5.95. The molecule has 6 heteroatoms. The van der Waals surface area contributed by atoms with Crippen LogP contribution in [0.3, 0.4) is 0 Å². The van der Waals surface area contributed by atoms with Gasteiger partial charge in [-0.05, 0) is 50.6 Å². The molecule has 2 N–H and O–H groups in total. The summed E-state index contributed by atoms with van der Waals surface area (Å²) < 4.78 is 13.5. The molecule has 28 heavy (non-hydrogen) atoms. The van der Waals surface area contributed by atoms with Crippen molar-refractivity contribution in [3.8, 4) is 11.3 Å². The van der Waals surface area contributed by atoms with Gasteiger partial charge in [0.25, 0.3) is 5.91 Å². The third kappa shape index (κ3) is 4.91. The number of hydrogen-bond donors (Lipinski definition) is 2. The summed E-state index contributed by atoms with van der Waals surface area (Å²) in [4.78, 5) is 20.9. The Morgan fingerprint density at radius 1 is 1.07 bits per heavy atom. The smallest absolute Gasteiger partial charge is 0.251 e. The molecule has 0 bridgehead atoms. The molecule has 0 aliphatic carbocycles. The van der Waals surface area contributed by atoms with Crippen LogP contribution in [0.5, 0.6) is 0 Å². The van der Waals surface area contributed by atoms with Gasteiger partial charge in [-0.2, -0.15) is 0 Å². The van der Waals surface area contributed by atoms with Crippen LogP contribution in [0.15, 0.2) is 60.9 Å². The fourth-order valence-corrected chi connectivity index (χ4v) is 2.59. The minimum atomic E-state index is -0.320. The van der Waals surface area contributed by atoms with Gasteiger partial charge in [-0.3, -0.25) is 4.79 Å². The molecular weight excluding hydrogens is 355 g/mol. The lowest BCUT2D eigenvalue weighted by atomic mass is 10.0. The molecular formula is C22H23FN4O. The molecule has 3 rings (SSSR count). The molecule has 1 heterocycles. The number of halogens is 1. The average Bonchev–Trinajstić information content (AvgIpc) is 2.68. The van der Waals surface area contributed by atoms with E-state index in [9.17, 15) is 9.18 Å². The average molecular weight is 378 g/mol. The maximum atomic E-state index is 13.5. The second kappa shape index (κ2) is 8.17. The van der Waals surface area contributed by atoms with Crippen molar-refractivity contribution >= 4 is 17.4 Å². The molecule has 0 atom stereocenters. The molecule has 1 amide bonds. The van der Waals surface area contributed by atoms with Gasteiger partial charge in [0.2, 0.25) is 0 Å². The number of aromatic nitrogens is 2. The van der Waals surface area contributed by atoms with E-state index in [0.717, 1.165) is 12.1 Å². The molecule has 0 fully saturated rings. The Hall–Kier alpha value is -3.28. The van der Waals surface area contributed by atoms with E-state index >= 15 is 0 Å². The Morgan fingerprint density at radius 2 is 1.86 bits per heavy atom. The predicted molar refractivity (Wildman–Crippen MR) is 109 cm³/mol. The van der Waals surface area contributed by atoms with Gasteiger partial charge >= 0.3 is 0 Å². The molecule has 0 unspecified atom stereocenters. The molecule has 0 aliphatic rings. The SMILES string of the molecule is CCC(C)(C)NC(=O)c1cccc(Nc2cc(-c3cccc(F)c3)ncn2)c1. The summed E-state index contributed by atoms with van der Waals surface area (Å²) in [7, 11) is 0. The summed E-state index contributed by atoms with van der Waals surface area (Å²) in [6, 6.07) is 15.2. The molecule has 0 aliphatic heterocycles. The van der Waals surface area contributed by atoms with Crippen molar-refractivity contribution in [2.24, 2.45) is 0 Å². The zero-order valence-corrected chi connectivity index (χ0v) is 16.2. The van der Waals surface area contributed by atoms with Crippen molar-refractivity contribution in [1.82, 2.24) is 15.3 Å². The van der Waals surface area contributed by atoms with Gasteiger partial charge in [0.15, 0.2) is 0 Å².